The highest BCUT2D eigenvalue weighted by atomic mass is 19.4. The number of carbonyl (C=O) groups excluding carboxylic acids is 1. The number of ether oxygens (including phenoxy) is 3. The third kappa shape index (κ3) is 5.49. The number of benzene rings is 2. The van der Waals surface area contributed by atoms with E-state index >= 15 is 0 Å². The van der Waals surface area contributed by atoms with Gasteiger partial charge in [0.05, 0.1) is 31.2 Å². The Labute approximate surface area is 203 Å². The van der Waals surface area contributed by atoms with E-state index in [-0.39, 0.29) is 23.9 Å². The predicted molar refractivity (Wildman–Crippen MR) is 122 cm³/mol. The van der Waals surface area contributed by atoms with Crippen LogP contribution in [0.2, 0.25) is 0 Å². The highest BCUT2D eigenvalue weighted by molar-refractivity contribution is 6.04. The van der Waals surface area contributed by atoms with Gasteiger partial charge in [-0.05, 0) is 48.5 Å². The molecule has 12 heteroatoms. The van der Waals surface area contributed by atoms with Crippen molar-refractivity contribution in [3.05, 3.63) is 72.0 Å². The van der Waals surface area contributed by atoms with Crippen LogP contribution in [0.5, 0.6) is 11.8 Å². The molecule has 0 unspecified atom stereocenters. The average molecular weight is 502 g/mol. The fourth-order valence-electron chi connectivity index (χ4n) is 3.31. The molecule has 4 aromatic rings. The molecular weight excluding hydrogens is 481 g/mol. The van der Waals surface area contributed by atoms with Crippen LogP contribution in [-0.2, 0) is 10.9 Å². The minimum absolute atomic E-state index is 0.0887. The summed E-state index contributed by atoms with van der Waals surface area (Å²) in [4.78, 5) is 17.1. The van der Waals surface area contributed by atoms with Crippen molar-refractivity contribution in [1.29, 1.82) is 0 Å². The number of furan rings is 1. The Morgan fingerprint density at radius 2 is 1.92 bits per heavy atom. The van der Waals surface area contributed by atoms with Crippen LogP contribution < -0.4 is 14.8 Å². The molecule has 0 bridgehead atoms. The monoisotopic (exact) mass is 502 g/mol. The highest BCUT2D eigenvalue weighted by Crippen LogP contribution is 2.36. The molecule has 0 spiro atoms. The number of carbonyl (C=O) groups is 1. The number of hydrogen-bond acceptors (Lipinski definition) is 7. The van der Waals surface area contributed by atoms with Gasteiger partial charge in [0.25, 0.3) is 5.91 Å². The molecule has 0 aliphatic rings. The smallest absolute Gasteiger partial charge is 0.419 e. The molecule has 0 saturated carbocycles. The first-order valence-electron chi connectivity index (χ1n) is 10.6. The first kappa shape index (κ1) is 24.8. The predicted octanol–water partition coefficient (Wildman–Crippen LogP) is 4.83. The van der Waals surface area contributed by atoms with Crippen molar-refractivity contribution in [3.63, 3.8) is 0 Å². The van der Waals surface area contributed by atoms with E-state index in [4.69, 9.17) is 18.6 Å². The molecule has 36 heavy (non-hydrogen) atoms. The van der Waals surface area contributed by atoms with Crippen LogP contribution in [0.4, 0.5) is 18.9 Å². The lowest BCUT2D eigenvalue weighted by Crippen LogP contribution is -2.15. The SMILES string of the molecule is COCCOc1nc(-c2ccco2)n(-c2cccc(NC(=O)c3ccc(OC)c(C(F)(F)F)c3)c2)n1. The van der Waals surface area contributed by atoms with E-state index in [1.165, 1.54) is 17.0 Å². The standard InChI is InChI=1S/C24H21F3N4O5/c1-33-11-12-36-23-29-21(20-7-4-10-35-20)31(30-23)17-6-3-5-16(14-17)28-22(32)15-8-9-19(34-2)18(13-15)24(25,26)27/h3-10,13-14H,11-12H2,1-2H3,(H,28,32). The minimum atomic E-state index is -4.68. The van der Waals surface area contributed by atoms with E-state index in [9.17, 15) is 18.0 Å². The van der Waals surface area contributed by atoms with E-state index in [1.54, 1.807) is 43.5 Å². The Kier molecular flexibility index (Phi) is 7.25. The van der Waals surface area contributed by atoms with E-state index in [1.807, 2.05) is 0 Å². The van der Waals surface area contributed by atoms with Crippen LogP contribution >= 0.6 is 0 Å². The molecule has 188 valence electrons. The van der Waals surface area contributed by atoms with Crippen molar-refractivity contribution in [2.75, 3.05) is 32.8 Å². The number of amides is 1. The molecule has 1 N–H and O–H groups in total. The molecule has 0 radical (unpaired) electrons. The zero-order chi connectivity index (χ0) is 25.7. The second-order valence-corrected chi connectivity index (χ2v) is 7.37. The topological polar surface area (TPSA) is 101 Å². The number of nitrogens with zero attached hydrogens (tertiary/aromatic N) is 3. The summed E-state index contributed by atoms with van der Waals surface area (Å²) < 4.78 is 62.2. The van der Waals surface area contributed by atoms with Gasteiger partial charge in [-0.15, -0.1) is 5.10 Å². The van der Waals surface area contributed by atoms with Gasteiger partial charge in [-0.3, -0.25) is 4.79 Å². The first-order valence-corrected chi connectivity index (χ1v) is 10.6. The van der Waals surface area contributed by atoms with Gasteiger partial charge < -0.3 is 23.9 Å². The minimum Gasteiger partial charge on any atom is -0.496 e. The fourth-order valence-corrected chi connectivity index (χ4v) is 3.31. The Hall–Kier alpha value is -4.32. The fraction of sp³-hybridized carbons (Fsp3) is 0.208. The van der Waals surface area contributed by atoms with Gasteiger partial charge in [0.1, 0.15) is 12.4 Å². The van der Waals surface area contributed by atoms with E-state index in [2.05, 4.69) is 15.4 Å². The van der Waals surface area contributed by atoms with Crippen LogP contribution in [0.15, 0.2) is 65.3 Å². The average Bonchev–Trinajstić information content (AvgIpc) is 3.53. The Morgan fingerprint density at radius 1 is 1.08 bits per heavy atom. The normalized spacial score (nSPS) is 11.4. The molecule has 0 aliphatic heterocycles. The second-order valence-electron chi connectivity index (χ2n) is 7.37. The molecule has 0 saturated heterocycles. The maximum absolute atomic E-state index is 13.3. The third-order valence-corrected chi connectivity index (χ3v) is 4.96. The first-order chi connectivity index (χ1) is 17.3. The molecule has 1 amide bonds. The number of anilines is 1. The van der Waals surface area contributed by atoms with Crippen molar-refractivity contribution < 1.29 is 36.6 Å². The van der Waals surface area contributed by atoms with Gasteiger partial charge in [0, 0.05) is 18.4 Å². The van der Waals surface area contributed by atoms with Crippen molar-refractivity contribution >= 4 is 11.6 Å². The van der Waals surface area contributed by atoms with Gasteiger partial charge in [0.15, 0.2) is 5.76 Å². The van der Waals surface area contributed by atoms with Gasteiger partial charge in [-0.1, -0.05) is 6.07 Å². The summed E-state index contributed by atoms with van der Waals surface area (Å²) in [5.41, 5.74) is -0.402. The highest BCUT2D eigenvalue weighted by Gasteiger charge is 2.35. The Morgan fingerprint density at radius 3 is 2.61 bits per heavy atom. The van der Waals surface area contributed by atoms with E-state index in [0.717, 1.165) is 19.2 Å². The third-order valence-electron chi connectivity index (χ3n) is 4.96. The van der Waals surface area contributed by atoms with Crippen LogP contribution in [0.3, 0.4) is 0 Å². The Bertz CT molecular complexity index is 1340. The molecule has 4 rings (SSSR count). The lowest BCUT2D eigenvalue weighted by atomic mass is 10.1. The number of halogens is 3. The largest absolute Gasteiger partial charge is 0.496 e. The second kappa shape index (κ2) is 10.5. The molecule has 0 atom stereocenters. The van der Waals surface area contributed by atoms with Gasteiger partial charge in [-0.2, -0.15) is 18.2 Å². The molecule has 0 aliphatic carbocycles. The summed E-state index contributed by atoms with van der Waals surface area (Å²) in [6.45, 7) is 0.573. The summed E-state index contributed by atoms with van der Waals surface area (Å²) in [6.07, 6.45) is -3.19. The van der Waals surface area contributed by atoms with Crippen LogP contribution in [-0.4, -0.2) is 48.1 Å². The number of alkyl halides is 3. The number of rotatable bonds is 9. The van der Waals surface area contributed by atoms with Gasteiger partial charge >= 0.3 is 12.2 Å². The Balaban J connectivity index is 1.62. The summed E-state index contributed by atoms with van der Waals surface area (Å²) in [5.74, 6) is -0.327. The molecular formula is C24H21F3N4O5. The molecule has 2 heterocycles. The van der Waals surface area contributed by atoms with Gasteiger partial charge in [0.2, 0.25) is 5.82 Å². The summed E-state index contributed by atoms with van der Waals surface area (Å²) >= 11 is 0. The summed E-state index contributed by atoms with van der Waals surface area (Å²) in [5, 5.41) is 6.97. The number of methoxy groups -OCH3 is 2. The number of hydrogen-bond donors (Lipinski definition) is 1. The van der Waals surface area contributed by atoms with E-state index < -0.39 is 17.6 Å². The maximum Gasteiger partial charge on any atom is 0.419 e. The van der Waals surface area contributed by atoms with Crippen molar-refractivity contribution in [2.24, 2.45) is 0 Å². The molecule has 0 fully saturated rings. The quantitative estimate of drug-likeness (QED) is 0.327. The maximum atomic E-state index is 13.3. The van der Waals surface area contributed by atoms with Gasteiger partial charge in [-0.25, -0.2) is 4.68 Å². The van der Waals surface area contributed by atoms with Crippen LogP contribution in [0.1, 0.15) is 15.9 Å². The molecule has 2 aromatic carbocycles. The van der Waals surface area contributed by atoms with E-state index in [0.29, 0.717) is 29.6 Å². The zero-order valence-corrected chi connectivity index (χ0v) is 19.2. The lowest BCUT2D eigenvalue weighted by molar-refractivity contribution is -0.138. The number of aromatic nitrogens is 3. The van der Waals surface area contributed by atoms with Crippen LogP contribution in [0.25, 0.3) is 17.3 Å². The summed E-state index contributed by atoms with van der Waals surface area (Å²) in [6, 6.07) is 13.1. The van der Waals surface area contributed by atoms with Crippen LogP contribution in [0, 0.1) is 0 Å². The van der Waals surface area contributed by atoms with Crippen molar-refractivity contribution in [2.45, 2.75) is 6.18 Å². The summed E-state index contributed by atoms with van der Waals surface area (Å²) in [7, 11) is 2.67. The van der Waals surface area contributed by atoms with Crippen molar-refractivity contribution in [1.82, 2.24) is 14.8 Å². The molecule has 2 aromatic heterocycles. The lowest BCUT2D eigenvalue weighted by Gasteiger charge is -2.14. The number of nitrogens with one attached hydrogen (secondary N) is 1. The van der Waals surface area contributed by atoms with Crippen molar-refractivity contribution in [3.8, 4) is 29.0 Å². The molecule has 9 nitrogen and oxygen atoms in total. The zero-order valence-electron chi connectivity index (χ0n) is 19.2.